The summed E-state index contributed by atoms with van der Waals surface area (Å²) in [6.45, 7) is 0. The molecule has 82 valence electrons. The number of nitrogens with two attached hydrogens (primary N) is 1. The molecule has 0 saturated carbocycles. The van der Waals surface area contributed by atoms with E-state index >= 15 is 0 Å². The van der Waals surface area contributed by atoms with Gasteiger partial charge in [-0.3, -0.25) is 0 Å². The molecule has 0 amide bonds. The third-order valence-electron chi connectivity index (χ3n) is 1.99. The second-order valence-corrected chi connectivity index (χ2v) is 4.76. The molecule has 2 N–H and O–H groups in total. The summed E-state index contributed by atoms with van der Waals surface area (Å²) >= 11 is 15.0. The van der Waals surface area contributed by atoms with Gasteiger partial charge in [0.25, 0.3) is 0 Å². The number of hydrogen-bond acceptors (Lipinski definition) is 3. The van der Waals surface area contributed by atoms with Crippen LogP contribution in [0, 0.1) is 0 Å². The van der Waals surface area contributed by atoms with Gasteiger partial charge in [0.05, 0.1) is 20.2 Å². The lowest BCUT2D eigenvalue weighted by molar-refractivity contribution is 1.04. The topological polar surface area (TPSA) is 51.8 Å². The molecule has 6 heteroatoms. The van der Waals surface area contributed by atoms with E-state index in [4.69, 9.17) is 28.9 Å². The highest BCUT2D eigenvalue weighted by Crippen LogP contribution is 2.29. The van der Waals surface area contributed by atoms with Crippen LogP contribution in [-0.4, -0.2) is 10.2 Å². The fraction of sp³-hybridized carbons (Fsp3) is 0. The standard InChI is InChI=1S/C10H6BrCl2N3/c11-6-4-9(15-16-10(6)14)5-1-2-7(12)8(13)3-5/h1-4H,(H2,14,16). The van der Waals surface area contributed by atoms with Crippen molar-refractivity contribution >= 4 is 44.9 Å². The van der Waals surface area contributed by atoms with E-state index in [0.717, 1.165) is 5.56 Å². The zero-order valence-electron chi connectivity index (χ0n) is 7.92. The second kappa shape index (κ2) is 4.57. The Labute approximate surface area is 111 Å². The average Bonchev–Trinajstić information content (AvgIpc) is 2.26. The Balaban J connectivity index is 2.50. The predicted octanol–water partition coefficient (Wildman–Crippen LogP) is 3.80. The van der Waals surface area contributed by atoms with Crippen LogP contribution < -0.4 is 5.73 Å². The maximum absolute atomic E-state index is 5.92. The quantitative estimate of drug-likeness (QED) is 0.870. The molecule has 0 aliphatic rings. The molecule has 0 aliphatic carbocycles. The highest BCUT2D eigenvalue weighted by Gasteiger charge is 2.06. The van der Waals surface area contributed by atoms with Gasteiger partial charge in [0.1, 0.15) is 0 Å². The van der Waals surface area contributed by atoms with Crippen molar-refractivity contribution in [3.63, 3.8) is 0 Å². The average molecular weight is 319 g/mol. The Morgan fingerprint density at radius 2 is 1.81 bits per heavy atom. The van der Waals surface area contributed by atoms with Crippen molar-refractivity contribution in [2.45, 2.75) is 0 Å². The first-order valence-corrected chi connectivity index (χ1v) is 5.87. The molecule has 3 nitrogen and oxygen atoms in total. The maximum Gasteiger partial charge on any atom is 0.160 e. The minimum atomic E-state index is 0.351. The van der Waals surface area contributed by atoms with Gasteiger partial charge in [-0.05, 0) is 34.1 Å². The van der Waals surface area contributed by atoms with Crippen LogP contribution >= 0.6 is 39.1 Å². The van der Waals surface area contributed by atoms with Gasteiger partial charge in [0, 0.05) is 5.56 Å². The zero-order chi connectivity index (χ0) is 11.7. The van der Waals surface area contributed by atoms with Crippen molar-refractivity contribution in [3.8, 4) is 11.3 Å². The number of anilines is 1. The summed E-state index contributed by atoms with van der Waals surface area (Å²) in [5.41, 5.74) is 7.07. The van der Waals surface area contributed by atoms with Gasteiger partial charge < -0.3 is 5.73 Å². The van der Waals surface area contributed by atoms with E-state index in [1.807, 2.05) is 6.07 Å². The molecule has 1 aromatic carbocycles. The largest absolute Gasteiger partial charge is 0.381 e. The first-order valence-electron chi connectivity index (χ1n) is 4.32. The van der Waals surface area contributed by atoms with Gasteiger partial charge in [-0.25, -0.2) is 0 Å². The van der Waals surface area contributed by atoms with Gasteiger partial charge in [0.15, 0.2) is 5.82 Å². The number of nitrogens with zero attached hydrogens (tertiary/aromatic N) is 2. The summed E-state index contributed by atoms with van der Waals surface area (Å²) < 4.78 is 0.698. The molecule has 1 aromatic heterocycles. The van der Waals surface area contributed by atoms with E-state index in [1.165, 1.54) is 0 Å². The molecule has 0 aliphatic heterocycles. The van der Waals surface area contributed by atoms with Crippen LogP contribution in [0.1, 0.15) is 0 Å². The van der Waals surface area contributed by atoms with Crippen molar-refractivity contribution < 1.29 is 0 Å². The van der Waals surface area contributed by atoms with Crippen molar-refractivity contribution in [2.24, 2.45) is 0 Å². The molecule has 2 rings (SSSR count). The highest BCUT2D eigenvalue weighted by molar-refractivity contribution is 9.10. The van der Waals surface area contributed by atoms with Crippen LogP contribution in [0.2, 0.25) is 10.0 Å². The molecule has 0 spiro atoms. The number of rotatable bonds is 1. The van der Waals surface area contributed by atoms with E-state index < -0.39 is 0 Å². The van der Waals surface area contributed by atoms with Gasteiger partial charge in [-0.15, -0.1) is 10.2 Å². The van der Waals surface area contributed by atoms with Crippen LogP contribution in [0.3, 0.4) is 0 Å². The lowest BCUT2D eigenvalue weighted by Gasteiger charge is -2.03. The Morgan fingerprint density at radius 3 is 2.44 bits per heavy atom. The lowest BCUT2D eigenvalue weighted by atomic mass is 10.1. The van der Waals surface area contributed by atoms with Crippen molar-refractivity contribution in [2.75, 3.05) is 5.73 Å². The molecule has 0 radical (unpaired) electrons. The van der Waals surface area contributed by atoms with Crippen molar-refractivity contribution in [3.05, 3.63) is 38.8 Å². The predicted molar refractivity (Wildman–Crippen MR) is 69.6 cm³/mol. The Morgan fingerprint density at radius 1 is 1.06 bits per heavy atom. The number of halogens is 3. The second-order valence-electron chi connectivity index (χ2n) is 3.09. The lowest BCUT2D eigenvalue weighted by Crippen LogP contribution is -1.95. The highest BCUT2D eigenvalue weighted by atomic mass is 79.9. The zero-order valence-corrected chi connectivity index (χ0v) is 11.0. The number of benzene rings is 1. The van der Waals surface area contributed by atoms with E-state index in [2.05, 4.69) is 26.1 Å². The molecule has 0 atom stereocenters. The van der Waals surface area contributed by atoms with Gasteiger partial charge in [0.2, 0.25) is 0 Å². The van der Waals surface area contributed by atoms with E-state index in [1.54, 1.807) is 18.2 Å². The maximum atomic E-state index is 5.92. The van der Waals surface area contributed by atoms with Crippen LogP contribution in [-0.2, 0) is 0 Å². The first kappa shape index (κ1) is 11.6. The van der Waals surface area contributed by atoms with Crippen LogP contribution in [0.25, 0.3) is 11.3 Å². The number of nitrogen functional groups attached to an aromatic ring is 1. The molecular formula is C10H6BrCl2N3. The normalized spacial score (nSPS) is 10.4. The Hall–Kier alpha value is -0.840. The molecule has 0 fully saturated rings. The molecule has 0 bridgehead atoms. The molecule has 2 aromatic rings. The number of aromatic nitrogens is 2. The smallest absolute Gasteiger partial charge is 0.160 e. The Bertz CT molecular complexity index is 496. The first-order chi connectivity index (χ1) is 7.58. The van der Waals surface area contributed by atoms with Gasteiger partial charge in [-0.2, -0.15) is 0 Å². The molecule has 0 saturated heterocycles. The third-order valence-corrected chi connectivity index (χ3v) is 3.36. The van der Waals surface area contributed by atoms with E-state index in [0.29, 0.717) is 26.0 Å². The Kier molecular flexibility index (Phi) is 3.33. The minimum absolute atomic E-state index is 0.351. The molecule has 1 heterocycles. The van der Waals surface area contributed by atoms with Gasteiger partial charge >= 0.3 is 0 Å². The monoisotopic (exact) mass is 317 g/mol. The fourth-order valence-electron chi connectivity index (χ4n) is 1.17. The van der Waals surface area contributed by atoms with Crippen LogP contribution in [0.15, 0.2) is 28.7 Å². The van der Waals surface area contributed by atoms with Crippen molar-refractivity contribution in [1.29, 1.82) is 0 Å². The van der Waals surface area contributed by atoms with Crippen LogP contribution in [0.4, 0.5) is 5.82 Å². The molecular weight excluding hydrogens is 313 g/mol. The fourth-order valence-corrected chi connectivity index (χ4v) is 1.77. The summed E-state index contributed by atoms with van der Waals surface area (Å²) in [5, 5.41) is 8.77. The van der Waals surface area contributed by atoms with E-state index in [9.17, 15) is 0 Å². The summed E-state index contributed by atoms with van der Waals surface area (Å²) in [6, 6.07) is 7.05. The van der Waals surface area contributed by atoms with Crippen molar-refractivity contribution in [1.82, 2.24) is 10.2 Å². The molecule has 16 heavy (non-hydrogen) atoms. The summed E-state index contributed by atoms with van der Waals surface area (Å²) in [4.78, 5) is 0. The SMILES string of the molecule is Nc1nnc(-c2ccc(Cl)c(Cl)c2)cc1Br. The summed E-state index contributed by atoms with van der Waals surface area (Å²) in [6.07, 6.45) is 0. The molecule has 0 unspecified atom stereocenters. The minimum Gasteiger partial charge on any atom is -0.381 e. The summed E-state index contributed by atoms with van der Waals surface area (Å²) in [7, 11) is 0. The third kappa shape index (κ3) is 2.29. The number of hydrogen-bond donors (Lipinski definition) is 1. The van der Waals surface area contributed by atoms with Crippen LogP contribution in [0.5, 0.6) is 0 Å². The summed E-state index contributed by atoms with van der Waals surface area (Å²) in [5.74, 6) is 0.351. The van der Waals surface area contributed by atoms with E-state index in [-0.39, 0.29) is 0 Å². The van der Waals surface area contributed by atoms with Gasteiger partial charge in [-0.1, -0.05) is 29.3 Å².